The predicted octanol–water partition coefficient (Wildman–Crippen LogP) is 3.41. The van der Waals surface area contributed by atoms with Crippen LogP contribution in [0.4, 0.5) is 0 Å². The van der Waals surface area contributed by atoms with Gasteiger partial charge < -0.3 is 5.11 Å². The molecule has 0 saturated carbocycles. The molecule has 0 aliphatic heterocycles. The van der Waals surface area contributed by atoms with E-state index in [1.165, 1.54) is 11.3 Å². The maximum atomic E-state index is 9.55. The Morgan fingerprint density at radius 1 is 1.17 bits per heavy atom. The van der Waals surface area contributed by atoms with E-state index < -0.39 is 6.10 Å². The number of aliphatic hydroxyl groups excluding tert-OH is 1. The monoisotopic (exact) mass is 256 g/mol. The largest absolute Gasteiger partial charge is 0.388 e. The summed E-state index contributed by atoms with van der Waals surface area (Å²) in [6.45, 7) is 1.74. The lowest BCUT2D eigenvalue weighted by molar-refractivity contribution is 0.203. The zero-order chi connectivity index (χ0) is 12.5. The van der Waals surface area contributed by atoms with Gasteiger partial charge in [0.25, 0.3) is 0 Å². The van der Waals surface area contributed by atoms with Gasteiger partial charge in [-0.3, -0.25) is 4.98 Å². The molecule has 0 aliphatic rings. The lowest BCUT2D eigenvalue weighted by atomic mass is 10.1. The maximum absolute atomic E-state index is 9.55. The average Bonchev–Trinajstić information content (AvgIpc) is 2.87. The molecule has 1 atom stereocenters. The zero-order valence-electron chi connectivity index (χ0n) is 9.87. The highest BCUT2D eigenvalue weighted by molar-refractivity contribution is 7.15. The number of rotatable bonds is 2. The number of benzene rings is 1. The Morgan fingerprint density at radius 3 is 2.78 bits per heavy atom. The van der Waals surface area contributed by atoms with Crippen LogP contribution in [0.15, 0.2) is 42.7 Å². The number of aliphatic hydroxyl groups is 1. The lowest BCUT2D eigenvalue weighted by Gasteiger charge is -2.02. The maximum Gasteiger partial charge on any atom is 0.142 e. The molecule has 1 N–H and O–H groups in total. The SMILES string of the molecule is CC(O)c1cnc(-c2nccc3ccccc23)s1. The van der Waals surface area contributed by atoms with Crippen LogP contribution in [-0.2, 0) is 0 Å². The molecule has 0 fully saturated rings. The van der Waals surface area contributed by atoms with Gasteiger partial charge in [-0.25, -0.2) is 4.98 Å². The molecule has 2 heterocycles. The number of hydrogen-bond acceptors (Lipinski definition) is 4. The van der Waals surface area contributed by atoms with Gasteiger partial charge in [-0.15, -0.1) is 11.3 Å². The molecule has 18 heavy (non-hydrogen) atoms. The number of thiazole rings is 1. The first-order valence-electron chi connectivity index (χ1n) is 5.73. The van der Waals surface area contributed by atoms with Crippen molar-refractivity contribution in [3.8, 4) is 10.7 Å². The van der Waals surface area contributed by atoms with Crippen molar-refractivity contribution >= 4 is 22.1 Å². The van der Waals surface area contributed by atoms with Crippen LogP contribution < -0.4 is 0 Å². The second kappa shape index (κ2) is 4.48. The minimum atomic E-state index is -0.480. The molecule has 0 bridgehead atoms. The topological polar surface area (TPSA) is 46.0 Å². The summed E-state index contributed by atoms with van der Waals surface area (Å²) in [5.41, 5.74) is 0.880. The van der Waals surface area contributed by atoms with E-state index in [1.807, 2.05) is 24.3 Å². The number of aromatic nitrogens is 2. The van der Waals surface area contributed by atoms with Crippen molar-refractivity contribution < 1.29 is 5.11 Å². The third-order valence-corrected chi connectivity index (χ3v) is 3.99. The molecule has 0 saturated heterocycles. The Kier molecular flexibility index (Phi) is 2.81. The summed E-state index contributed by atoms with van der Waals surface area (Å²) in [4.78, 5) is 9.63. The van der Waals surface area contributed by atoms with Gasteiger partial charge in [-0.1, -0.05) is 24.3 Å². The smallest absolute Gasteiger partial charge is 0.142 e. The first-order valence-corrected chi connectivity index (χ1v) is 6.55. The van der Waals surface area contributed by atoms with Crippen LogP contribution >= 0.6 is 11.3 Å². The van der Waals surface area contributed by atoms with E-state index in [1.54, 1.807) is 19.3 Å². The summed E-state index contributed by atoms with van der Waals surface area (Å²) in [6, 6.07) is 10.1. The highest BCUT2D eigenvalue weighted by atomic mass is 32.1. The molecule has 3 aromatic rings. The summed E-state index contributed by atoms with van der Waals surface area (Å²) in [6.07, 6.45) is 3.03. The molecule has 3 rings (SSSR count). The van der Waals surface area contributed by atoms with Crippen LogP contribution in [-0.4, -0.2) is 15.1 Å². The quantitative estimate of drug-likeness (QED) is 0.764. The van der Waals surface area contributed by atoms with E-state index in [-0.39, 0.29) is 0 Å². The molecule has 3 nitrogen and oxygen atoms in total. The number of fused-ring (bicyclic) bond motifs is 1. The first-order chi connectivity index (χ1) is 8.75. The first kappa shape index (κ1) is 11.3. The van der Waals surface area contributed by atoms with E-state index >= 15 is 0 Å². The minimum Gasteiger partial charge on any atom is -0.388 e. The van der Waals surface area contributed by atoms with Gasteiger partial charge in [0.05, 0.1) is 11.0 Å². The fourth-order valence-electron chi connectivity index (χ4n) is 1.88. The van der Waals surface area contributed by atoms with Crippen LogP contribution in [0.1, 0.15) is 17.9 Å². The molecule has 0 aliphatic carbocycles. The number of nitrogens with zero attached hydrogens (tertiary/aromatic N) is 2. The predicted molar refractivity (Wildman–Crippen MR) is 73.5 cm³/mol. The summed E-state index contributed by atoms with van der Waals surface area (Å²) >= 11 is 1.49. The van der Waals surface area contributed by atoms with E-state index in [0.29, 0.717) is 0 Å². The Labute approximate surface area is 109 Å². The van der Waals surface area contributed by atoms with Crippen LogP contribution in [0.2, 0.25) is 0 Å². The van der Waals surface area contributed by atoms with Gasteiger partial charge in [0.15, 0.2) is 0 Å². The third-order valence-electron chi connectivity index (χ3n) is 2.81. The third kappa shape index (κ3) is 1.89. The molecule has 4 heteroatoms. The molecular weight excluding hydrogens is 244 g/mol. The van der Waals surface area contributed by atoms with Crippen molar-refractivity contribution in [2.45, 2.75) is 13.0 Å². The van der Waals surface area contributed by atoms with Crippen molar-refractivity contribution in [2.75, 3.05) is 0 Å². The highest BCUT2D eigenvalue weighted by Crippen LogP contribution is 2.31. The van der Waals surface area contributed by atoms with Crippen molar-refractivity contribution in [3.63, 3.8) is 0 Å². The molecule has 0 amide bonds. The number of pyridine rings is 1. The van der Waals surface area contributed by atoms with Gasteiger partial charge in [0.1, 0.15) is 10.7 Å². The van der Waals surface area contributed by atoms with Crippen molar-refractivity contribution in [2.24, 2.45) is 0 Å². The zero-order valence-corrected chi connectivity index (χ0v) is 10.7. The summed E-state index contributed by atoms with van der Waals surface area (Å²) in [7, 11) is 0. The molecule has 90 valence electrons. The molecule has 1 unspecified atom stereocenters. The Bertz CT molecular complexity index is 686. The van der Waals surface area contributed by atoms with Crippen LogP contribution in [0.5, 0.6) is 0 Å². The molecule has 2 aromatic heterocycles. The summed E-state index contributed by atoms with van der Waals surface area (Å²) < 4.78 is 0. The fraction of sp³-hybridized carbons (Fsp3) is 0.143. The molecule has 1 aromatic carbocycles. The average molecular weight is 256 g/mol. The van der Waals surface area contributed by atoms with Crippen LogP contribution in [0, 0.1) is 0 Å². The Hall–Kier alpha value is -1.78. The highest BCUT2D eigenvalue weighted by Gasteiger charge is 2.11. The summed E-state index contributed by atoms with van der Waals surface area (Å²) in [5, 5.41) is 12.6. The normalized spacial score (nSPS) is 12.8. The van der Waals surface area contributed by atoms with E-state index in [2.05, 4.69) is 16.0 Å². The number of hydrogen-bond donors (Lipinski definition) is 1. The van der Waals surface area contributed by atoms with Crippen molar-refractivity contribution in [3.05, 3.63) is 47.6 Å². The molecule has 0 spiro atoms. The van der Waals surface area contributed by atoms with Crippen LogP contribution in [0.25, 0.3) is 21.5 Å². The van der Waals surface area contributed by atoms with Crippen molar-refractivity contribution in [1.82, 2.24) is 9.97 Å². The Balaban J connectivity index is 2.18. The van der Waals surface area contributed by atoms with E-state index in [9.17, 15) is 5.11 Å². The molecule has 0 radical (unpaired) electrons. The van der Waals surface area contributed by atoms with Gasteiger partial charge in [-0.2, -0.15) is 0 Å². The molecular formula is C14H12N2OS. The van der Waals surface area contributed by atoms with E-state index in [4.69, 9.17) is 0 Å². The standard InChI is InChI=1S/C14H12N2OS/c1-9(17)12-8-16-14(18-12)13-11-5-3-2-4-10(11)6-7-15-13/h2-9,17H,1H3. The van der Waals surface area contributed by atoms with Crippen LogP contribution in [0.3, 0.4) is 0 Å². The van der Waals surface area contributed by atoms with Gasteiger partial charge in [0, 0.05) is 17.8 Å². The minimum absolute atomic E-state index is 0.480. The lowest BCUT2D eigenvalue weighted by Crippen LogP contribution is -1.84. The van der Waals surface area contributed by atoms with E-state index in [0.717, 1.165) is 26.4 Å². The second-order valence-corrected chi connectivity index (χ2v) is 5.19. The fourth-order valence-corrected chi connectivity index (χ4v) is 2.74. The Morgan fingerprint density at radius 2 is 2.00 bits per heavy atom. The second-order valence-electron chi connectivity index (χ2n) is 4.12. The van der Waals surface area contributed by atoms with Gasteiger partial charge in [0.2, 0.25) is 0 Å². The van der Waals surface area contributed by atoms with Gasteiger partial charge in [-0.05, 0) is 18.4 Å². The van der Waals surface area contributed by atoms with Gasteiger partial charge >= 0.3 is 0 Å². The van der Waals surface area contributed by atoms with Crippen molar-refractivity contribution in [1.29, 1.82) is 0 Å². The summed E-state index contributed by atoms with van der Waals surface area (Å²) in [5.74, 6) is 0.